The lowest BCUT2D eigenvalue weighted by molar-refractivity contribution is -0.122. The summed E-state index contributed by atoms with van der Waals surface area (Å²) in [7, 11) is 1.64. The van der Waals surface area contributed by atoms with E-state index in [0.717, 1.165) is 63.4 Å². The quantitative estimate of drug-likeness (QED) is 0.212. The Hall–Kier alpha value is -2.18. The number of hydrogen-bond donors (Lipinski definition) is 3. The molecule has 0 heterocycles. The summed E-state index contributed by atoms with van der Waals surface area (Å²) in [6.07, 6.45) is 9.65. The number of carbonyl (C=O) groups excluding carboxylic acids is 4. The molecule has 0 rings (SSSR count). The summed E-state index contributed by atoms with van der Waals surface area (Å²) in [6.45, 7) is 8.10. The molecule has 0 fully saturated rings. The fourth-order valence-corrected chi connectivity index (χ4v) is 3.21. The Morgan fingerprint density at radius 1 is 0.710 bits per heavy atom. The van der Waals surface area contributed by atoms with E-state index < -0.39 is 0 Å². The van der Waals surface area contributed by atoms with Crippen LogP contribution in [0.3, 0.4) is 0 Å². The number of amides is 3. The lowest BCUT2D eigenvalue weighted by Crippen LogP contribution is -2.35. The maximum absolute atomic E-state index is 12.2. The minimum atomic E-state index is -0.0389. The zero-order chi connectivity index (χ0) is 23.5. The highest BCUT2D eigenvalue weighted by Crippen LogP contribution is 2.10. The summed E-state index contributed by atoms with van der Waals surface area (Å²) in [5, 5.41) is 8.58. The third-order valence-corrected chi connectivity index (χ3v) is 5.19. The Labute approximate surface area is 188 Å². The minimum Gasteiger partial charge on any atom is -0.359 e. The van der Waals surface area contributed by atoms with Gasteiger partial charge in [-0.15, -0.1) is 0 Å². The van der Waals surface area contributed by atoms with Gasteiger partial charge in [0.1, 0.15) is 5.78 Å². The van der Waals surface area contributed by atoms with Crippen LogP contribution in [0.15, 0.2) is 12.2 Å². The molecule has 0 aliphatic carbocycles. The third-order valence-electron chi connectivity index (χ3n) is 5.19. The summed E-state index contributed by atoms with van der Waals surface area (Å²) in [6, 6.07) is -0.0389. The molecule has 0 spiro atoms. The maximum atomic E-state index is 12.2. The van der Waals surface area contributed by atoms with Crippen LogP contribution in [0, 0.1) is 0 Å². The molecule has 0 radical (unpaired) electrons. The van der Waals surface area contributed by atoms with Crippen LogP contribution >= 0.6 is 0 Å². The molecule has 7 heteroatoms. The maximum Gasteiger partial charge on any atom is 0.220 e. The highest BCUT2D eigenvalue weighted by atomic mass is 16.2. The van der Waals surface area contributed by atoms with Crippen molar-refractivity contribution in [2.75, 3.05) is 13.6 Å². The van der Waals surface area contributed by atoms with E-state index in [2.05, 4.69) is 22.5 Å². The highest BCUT2D eigenvalue weighted by Gasteiger charge is 2.12. The van der Waals surface area contributed by atoms with Crippen LogP contribution in [0.4, 0.5) is 0 Å². The molecule has 178 valence electrons. The van der Waals surface area contributed by atoms with Gasteiger partial charge < -0.3 is 20.7 Å². The largest absolute Gasteiger partial charge is 0.359 e. The summed E-state index contributed by atoms with van der Waals surface area (Å²) < 4.78 is 0. The average molecular weight is 438 g/mol. The van der Waals surface area contributed by atoms with Crippen LogP contribution in [0.1, 0.15) is 97.3 Å². The van der Waals surface area contributed by atoms with Crippen molar-refractivity contribution in [1.82, 2.24) is 16.0 Å². The van der Waals surface area contributed by atoms with Gasteiger partial charge in [0, 0.05) is 45.3 Å². The van der Waals surface area contributed by atoms with Crippen LogP contribution in [0.25, 0.3) is 0 Å². The number of ketones is 1. The van der Waals surface area contributed by atoms with Crippen LogP contribution in [-0.4, -0.2) is 43.1 Å². The van der Waals surface area contributed by atoms with Crippen molar-refractivity contribution in [3.63, 3.8) is 0 Å². The normalized spacial score (nSPS) is 11.5. The van der Waals surface area contributed by atoms with Gasteiger partial charge in [-0.05, 0) is 58.8 Å². The number of nitrogens with one attached hydrogen (secondary N) is 3. The summed E-state index contributed by atoms with van der Waals surface area (Å²) in [5.41, 5.74) is 0.938. The summed E-state index contributed by atoms with van der Waals surface area (Å²) >= 11 is 0. The first-order valence-corrected chi connectivity index (χ1v) is 11.7. The lowest BCUT2D eigenvalue weighted by atomic mass is 10.0. The molecule has 0 aliphatic heterocycles. The van der Waals surface area contributed by atoms with E-state index >= 15 is 0 Å². The molecule has 0 unspecified atom stereocenters. The summed E-state index contributed by atoms with van der Waals surface area (Å²) in [5.74, 6) is 0.297. The van der Waals surface area contributed by atoms with Crippen molar-refractivity contribution >= 4 is 23.5 Å². The van der Waals surface area contributed by atoms with Crippen LogP contribution < -0.4 is 16.0 Å². The molecule has 1 atom stereocenters. The second kappa shape index (κ2) is 18.6. The Kier molecular flexibility index (Phi) is 17.3. The minimum absolute atomic E-state index is 0.0311. The molecule has 0 aromatic heterocycles. The van der Waals surface area contributed by atoms with E-state index in [1.807, 2.05) is 6.92 Å². The molecular formula is C24H43N3O4. The van der Waals surface area contributed by atoms with Crippen LogP contribution in [0.2, 0.25) is 0 Å². The first-order chi connectivity index (χ1) is 14.8. The molecule has 0 aromatic carbocycles. The van der Waals surface area contributed by atoms with E-state index in [1.54, 1.807) is 14.0 Å². The Morgan fingerprint density at radius 2 is 1.26 bits per heavy atom. The van der Waals surface area contributed by atoms with Gasteiger partial charge in [-0.25, -0.2) is 0 Å². The van der Waals surface area contributed by atoms with Gasteiger partial charge in [0.05, 0.1) is 0 Å². The van der Waals surface area contributed by atoms with Gasteiger partial charge in [0.25, 0.3) is 0 Å². The molecule has 0 aliphatic rings. The van der Waals surface area contributed by atoms with Crippen molar-refractivity contribution in [2.24, 2.45) is 0 Å². The van der Waals surface area contributed by atoms with Crippen molar-refractivity contribution < 1.29 is 19.2 Å². The van der Waals surface area contributed by atoms with E-state index in [9.17, 15) is 19.2 Å². The Morgan fingerprint density at radius 3 is 1.84 bits per heavy atom. The van der Waals surface area contributed by atoms with E-state index in [1.165, 1.54) is 0 Å². The van der Waals surface area contributed by atoms with Gasteiger partial charge >= 0.3 is 0 Å². The molecule has 0 saturated heterocycles. The third kappa shape index (κ3) is 18.3. The Balaban J connectivity index is 3.85. The van der Waals surface area contributed by atoms with E-state index in [4.69, 9.17) is 0 Å². The first kappa shape index (κ1) is 28.8. The van der Waals surface area contributed by atoms with Gasteiger partial charge in [-0.1, -0.05) is 25.0 Å². The Bertz CT molecular complexity index is 575. The van der Waals surface area contributed by atoms with Crippen molar-refractivity contribution in [1.29, 1.82) is 0 Å². The first-order valence-electron chi connectivity index (χ1n) is 11.7. The van der Waals surface area contributed by atoms with E-state index in [0.29, 0.717) is 32.2 Å². The zero-order valence-corrected chi connectivity index (χ0v) is 19.8. The molecule has 0 saturated carbocycles. The topological polar surface area (TPSA) is 104 Å². The fourth-order valence-electron chi connectivity index (χ4n) is 3.21. The number of carbonyl (C=O) groups is 4. The molecule has 3 N–H and O–H groups in total. The van der Waals surface area contributed by atoms with Gasteiger partial charge in [0.2, 0.25) is 17.7 Å². The second-order valence-electron chi connectivity index (χ2n) is 8.31. The second-order valence-corrected chi connectivity index (χ2v) is 8.31. The molecule has 7 nitrogen and oxygen atoms in total. The summed E-state index contributed by atoms with van der Waals surface area (Å²) in [4.78, 5) is 46.0. The van der Waals surface area contributed by atoms with Crippen LogP contribution in [-0.2, 0) is 19.2 Å². The van der Waals surface area contributed by atoms with Crippen molar-refractivity contribution in [2.45, 2.75) is 103 Å². The molecule has 31 heavy (non-hydrogen) atoms. The van der Waals surface area contributed by atoms with Crippen molar-refractivity contribution in [3.8, 4) is 0 Å². The van der Waals surface area contributed by atoms with Crippen LogP contribution in [0.5, 0.6) is 0 Å². The van der Waals surface area contributed by atoms with Crippen molar-refractivity contribution in [3.05, 3.63) is 12.2 Å². The SMILES string of the molecule is C=C(C)[C@H](CCCCNC(=O)CCCCC(C)=O)NC(=O)CCCCCCC(=O)NC. The van der Waals surface area contributed by atoms with Gasteiger partial charge in [-0.2, -0.15) is 0 Å². The smallest absolute Gasteiger partial charge is 0.220 e. The molecular weight excluding hydrogens is 394 g/mol. The number of unbranched alkanes of at least 4 members (excludes halogenated alkanes) is 5. The average Bonchev–Trinajstić information content (AvgIpc) is 2.71. The molecule has 3 amide bonds. The molecule has 0 bridgehead atoms. The predicted octanol–water partition coefficient (Wildman–Crippen LogP) is 3.57. The van der Waals surface area contributed by atoms with Gasteiger partial charge in [0.15, 0.2) is 0 Å². The van der Waals surface area contributed by atoms with Gasteiger partial charge in [-0.3, -0.25) is 14.4 Å². The highest BCUT2D eigenvalue weighted by molar-refractivity contribution is 5.77. The standard InChI is InChI=1S/C24H43N3O4/c1-19(2)21(27-24(31)17-8-6-5-7-15-22(29)25-4)14-11-12-18-26-23(30)16-10-9-13-20(3)28/h21H,1,5-18H2,2-4H3,(H,25,29)(H,26,30)(H,27,31)/t21-/m0/s1. The number of rotatable bonds is 19. The predicted molar refractivity (Wildman–Crippen MR) is 125 cm³/mol. The fraction of sp³-hybridized carbons (Fsp3) is 0.750. The lowest BCUT2D eigenvalue weighted by Gasteiger charge is -2.19. The van der Waals surface area contributed by atoms with E-state index in [-0.39, 0.29) is 29.5 Å². The zero-order valence-electron chi connectivity index (χ0n) is 19.8. The number of hydrogen-bond acceptors (Lipinski definition) is 4. The molecule has 0 aromatic rings. The number of Topliss-reactive ketones (excluding diaryl/α,β-unsaturated/α-hetero) is 1. The monoisotopic (exact) mass is 437 g/mol.